The van der Waals surface area contributed by atoms with Gasteiger partial charge in [0.2, 0.25) is 0 Å². The Balaban J connectivity index is 1.70. The Morgan fingerprint density at radius 3 is 2.75 bits per heavy atom. The second kappa shape index (κ2) is 6.80. The van der Waals surface area contributed by atoms with Gasteiger partial charge in [0, 0.05) is 36.9 Å². The number of aromatic nitrogens is 3. The summed E-state index contributed by atoms with van der Waals surface area (Å²) in [6.07, 6.45) is 1.91. The highest BCUT2D eigenvalue weighted by molar-refractivity contribution is 5.87. The van der Waals surface area contributed by atoms with Gasteiger partial charge in [0.1, 0.15) is 5.82 Å². The SMILES string of the molecule is CCn1cc(-c2nc3ccccc3[nH]2)c(=O)c2cc(N3CCOCC3)ccc21. The van der Waals surface area contributed by atoms with Crippen molar-refractivity contribution in [3.05, 3.63) is 58.9 Å². The molecule has 6 heteroatoms. The second-order valence-electron chi connectivity index (χ2n) is 7.06. The summed E-state index contributed by atoms with van der Waals surface area (Å²) in [7, 11) is 0. The van der Waals surface area contributed by atoms with E-state index in [9.17, 15) is 4.79 Å². The van der Waals surface area contributed by atoms with Gasteiger partial charge in [0.25, 0.3) is 0 Å². The zero-order valence-corrected chi connectivity index (χ0v) is 15.8. The highest BCUT2D eigenvalue weighted by Crippen LogP contribution is 2.25. The monoisotopic (exact) mass is 374 g/mol. The van der Waals surface area contributed by atoms with Crippen molar-refractivity contribution in [3.63, 3.8) is 0 Å². The lowest BCUT2D eigenvalue weighted by molar-refractivity contribution is 0.122. The Morgan fingerprint density at radius 1 is 1.14 bits per heavy atom. The number of H-pyrrole nitrogens is 1. The van der Waals surface area contributed by atoms with Crippen molar-refractivity contribution in [3.8, 4) is 11.4 Å². The first-order chi connectivity index (χ1) is 13.7. The number of aryl methyl sites for hydroxylation is 1. The number of nitrogens with one attached hydrogen (secondary N) is 1. The van der Waals surface area contributed by atoms with Crippen LogP contribution in [0.15, 0.2) is 53.5 Å². The van der Waals surface area contributed by atoms with Crippen molar-refractivity contribution in [2.24, 2.45) is 0 Å². The van der Waals surface area contributed by atoms with Crippen LogP contribution < -0.4 is 10.3 Å². The van der Waals surface area contributed by atoms with Crippen LogP contribution in [-0.2, 0) is 11.3 Å². The predicted octanol–water partition coefficient (Wildman–Crippen LogP) is 3.40. The number of para-hydroxylation sites is 2. The summed E-state index contributed by atoms with van der Waals surface area (Å²) in [5.74, 6) is 0.618. The molecule has 1 aliphatic rings. The van der Waals surface area contributed by atoms with Gasteiger partial charge in [-0.15, -0.1) is 0 Å². The minimum absolute atomic E-state index is 0.00821. The number of morpholine rings is 1. The maximum Gasteiger partial charge on any atom is 0.200 e. The predicted molar refractivity (Wildman–Crippen MR) is 112 cm³/mol. The molecule has 2 aromatic heterocycles. The van der Waals surface area contributed by atoms with Gasteiger partial charge in [-0.25, -0.2) is 4.98 Å². The van der Waals surface area contributed by atoms with Crippen molar-refractivity contribution in [2.45, 2.75) is 13.5 Å². The van der Waals surface area contributed by atoms with Gasteiger partial charge in [-0.05, 0) is 37.3 Å². The Kier molecular flexibility index (Phi) is 4.13. The molecule has 1 N–H and O–H groups in total. The number of imidazole rings is 1. The lowest BCUT2D eigenvalue weighted by Crippen LogP contribution is -2.36. The molecule has 5 rings (SSSR count). The summed E-state index contributed by atoms with van der Waals surface area (Å²) >= 11 is 0. The summed E-state index contributed by atoms with van der Waals surface area (Å²) in [6.45, 7) is 5.99. The number of fused-ring (bicyclic) bond motifs is 2. The number of aromatic amines is 1. The van der Waals surface area contributed by atoms with E-state index in [0.29, 0.717) is 11.4 Å². The lowest BCUT2D eigenvalue weighted by Gasteiger charge is -2.29. The third-order valence-corrected chi connectivity index (χ3v) is 5.43. The van der Waals surface area contributed by atoms with E-state index in [-0.39, 0.29) is 5.43 Å². The van der Waals surface area contributed by atoms with Gasteiger partial charge in [-0.2, -0.15) is 0 Å². The zero-order chi connectivity index (χ0) is 19.1. The van der Waals surface area contributed by atoms with Crippen LogP contribution in [0.2, 0.25) is 0 Å². The Hall–Kier alpha value is -3.12. The van der Waals surface area contributed by atoms with E-state index < -0.39 is 0 Å². The highest BCUT2D eigenvalue weighted by atomic mass is 16.5. The molecule has 0 amide bonds. The molecule has 1 fully saturated rings. The molecule has 0 atom stereocenters. The fourth-order valence-electron chi connectivity index (χ4n) is 3.91. The summed E-state index contributed by atoms with van der Waals surface area (Å²) in [4.78, 5) is 23.6. The molecule has 0 radical (unpaired) electrons. The minimum atomic E-state index is 0.00821. The van der Waals surface area contributed by atoms with E-state index in [1.165, 1.54) is 0 Å². The fraction of sp³-hybridized carbons (Fsp3) is 0.273. The molecule has 4 aromatic rings. The van der Waals surface area contributed by atoms with Gasteiger partial charge in [-0.1, -0.05) is 12.1 Å². The van der Waals surface area contributed by atoms with Gasteiger partial charge in [0.15, 0.2) is 5.43 Å². The second-order valence-corrected chi connectivity index (χ2v) is 7.06. The molecule has 1 aliphatic heterocycles. The van der Waals surface area contributed by atoms with Gasteiger partial charge in [0.05, 0.1) is 35.3 Å². The van der Waals surface area contributed by atoms with Gasteiger partial charge >= 0.3 is 0 Å². The quantitative estimate of drug-likeness (QED) is 0.597. The van der Waals surface area contributed by atoms with Crippen molar-refractivity contribution >= 4 is 27.6 Å². The molecule has 0 saturated carbocycles. The number of anilines is 1. The number of benzene rings is 2. The van der Waals surface area contributed by atoms with E-state index in [1.807, 2.05) is 42.6 Å². The standard InChI is InChI=1S/C22H22N4O2/c1-2-25-14-17(22-23-18-5-3-4-6-19(18)24-22)21(27)16-13-15(7-8-20(16)25)26-9-11-28-12-10-26/h3-8,13-14H,2,9-12H2,1H3,(H,23,24). The third kappa shape index (κ3) is 2.77. The zero-order valence-electron chi connectivity index (χ0n) is 15.8. The summed E-state index contributed by atoms with van der Waals surface area (Å²) in [5, 5.41) is 0.726. The third-order valence-electron chi connectivity index (χ3n) is 5.43. The molecule has 0 unspecified atom stereocenters. The van der Waals surface area contributed by atoms with Crippen LogP contribution in [-0.4, -0.2) is 40.8 Å². The van der Waals surface area contributed by atoms with Crippen molar-refractivity contribution in [1.29, 1.82) is 0 Å². The van der Waals surface area contributed by atoms with E-state index in [0.717, 1.165) is 60.5 Å². The molecule has 0 bridgehead atoms. The fourth-order valence-corrected chi connectivity index (χ4v) is 3.91. The first kappa shape index (κ1) is 17.0. The number of rotatable bonds is 3. The first-order valence-electron chi connectivity index (χ1n) is 9.69. The van der Waals surface area contributed by atoms with Gasteiger partial charge < -0.3 is 19.2 Å². The van der Waals surface area contributed by atoms with E-state index in [2.05, 4.69) is 32.4 Å². The van der Waals surface area contributed by atoms with Crippen LogP contribution >= 0.6 is 0 Å². The molecule has 2 aromatic carbocycles. The average molecular weight is 374 g/mol. The maximum atomic E-state index is 13.4. The van der Waals surface area contributed by atoms with E-state index in [1.54, 1.807) is 0 Å². The summed E-state index contributed by atoms with van der Waals surface area (Å²) in [5.41, 5.74) is 4.42. The summed E-state index contributed by atoms with van der Waals surface area (Å²) in [6, 6.07) is 14.0. The Morgan fingerprint density at radius 2 is 1.96 bits per heavy atom. The summed E-state index contributed by atoms with van der Waals surface area (Å²) < 4.78 is 7.57. The van der Waals surface area contributed by atoms with Crippen LogP contribution in [0.5, 0.6) is 0 Å². The number of hydrogen-bond donors (Lipinski definition) is 1. The molecule has 1 saturated heterocycles. The molecule has 28 heavy (non-hydrogen) atoms. The van der Waals surface area contributed by atoms with E-state index in [4.69, 9.17) is 4.74 Å². The molecule has 142 valence electrons. The minimum Gasteiger partial charge on any atom is -0.378 e. The van der Waals surface area contributed by atoms with Crippen molar-refractivity contribution < 1.29 is 4.74 Å². The van der Waals surface area contributed by atoms with Crippen molar-refractivity contribution in [1.82, 2.24) is 14.5 Å². The average Bonchev–Trinajstić information content (AvgIpc) is 3.18. The smallest absolute Gasteiger partial charge is 0.200 e. The number of ether oxygens (including phenoxy) is 1. The molecule has 0 spiro atoms. The van der Waals surface area contributed by atoms with Gasteiger partial charge in [-0.3, -0.25) is 4.79 Å². The van der Waals surface area contributed by atoms with Crippen LogP contribution in [0.4, 0.5) is 5.69 Å². The van der Waals surface area contributed by atoms with Crippen LogP contribution in [0.1, 0.15) is 6.92 Å². The maximum absolute atomic E-state index is 13.4. The number of pyridine rings is 1. The number of hydrogen-bond acceptors (Lipinski definition) is 4. The Labute approximate surface area is 162 Å². The van der Waals surface area contributed by atoms with Crippen LogP contribution in [0.3, 0.4) is 0 Å². The largest absolute Gasteiger partial charge is 0.378 e. The van der Waals surface area contributed by atoms with E-state index >= 15 is 0 Å². The number of nitrogens with zero attached hydrogens (tertiary/aromatic N) is 3. The topological polar surface area (TPSA) is 63.2 Å². The Bertz CT molecular complexity index is 1190. The molecule has 0 aliphatic carbocycles. The highest BCUT2D eigenvalue weighted by Gasteiger charge is 2.16. The molecule has 6 nitrogen and oxygen atoms in total. The van der Waals surface area contributed by atoms with Crippen molar-refractivity contribution in [2.75, 3.05) is 31.2 Å². The normalized spacial score (nSPS) is 14.8. The molecule has 3 heterocycles. The molecular weight excluding hydrogens is 352 g/mol. The first-order valence-corrected chi connectivity index (χ1v) is 9.69. The lowest BCUT2D eigenvalue weighted by atomic mass is 10.1. The van der Waals surface area contributed by atoms with Crippen LogP contribution in [0.25, 0.3) is 33.3 Å². The molecular formula is C22H22N4O2. The van der Waals surface area contributed by atoms with Crippen LogP contribution in [0, 0.1) is 0 Å².